The van der Waals surface area contributed by atoms with Crippen molar-refractivity contribution in [2.75, 3.05) is 7.05 Å². The topological polar surface area (TPSA) is 58.2 Å². The predicted octanol–water partition coefficient (Wildman–Crippen LogP) is 3.12. The van der Waals surface area contributed by atoms with E-state index < -0.39 is 6.04 Å². The molecule has 0 radical (unpaired) electrons. The van der Waals surface area contributed by atoms with E-state index in [0.29, 0.717) is 17.7 Å². The Labute approximate surface area is 134 Å². The third kappa shape index (κ3) is 6.29. The van der Waals surface area contributed by atoms with E-state index in [4.69, 9.17) is 0 Å². The van der Waals surface area contributed by atoms with Crippen LogP contribution >= 0.6 is 0 Å². The van der Waals surface area contributed by atoms with Gasteiger partial charge in [-0.05, 0) is 12.5 Å². The van der Waals surface area contributed by atoms with Gasteiger partial charge < -0.3 is 10.6 Å². The van der Waals surface area contributed by atoms with Crippen molar-refractivity contribution in [3.63, 3.8) is 0 Å². The number of carbonyl (C=O) groups is 2. The fraction of sp³-hybridized carbons (Fsp3) is 0.556. The zero-order chi connectivity index (χ0) is 17.1. The van der Waals surface area contributed by atoms with Gasteiger partial charge in [-0.15, -0.1) is 0 Å². The molecule has 0 aromatic heterocycles. The van der Waals surface area contributed by atoms with Gasteiger partial charge in [0.05, 0.1) is 11.6 Å². The second kappa shape index (κ2) is 10.8. The third-order valence-electron chi connectivity index (χ3n) is 3.53. The minimum Gasteiger partial charge on any atom is -0.387 e. The van der Waals surface area contributed by atoms with Crippen LogP contribution in [0.1, 0.15) is 46.5 Å². The molecule has 0 saturated carbocycles. The summed E-state index contributed by atoms with van der Waals surface area (Å²) in [7, 11) is 1.71. The quantitative estimate of drug-likeness (QED) is 0.350. The summed E-state index contributed by atoms with van der Waals surface area (Å²) >= 11 is 0. The molecule has 4 heteroatoms. The molecular formula is C18H30N2O2. The number of ketones is 1. The average Bonchev–Trinajstić information content (AvgIpc) is 2.50. The fourth-order valence-electron chi connectivity index (χ4n) is 2.19. The van der Waals surface area contributed by atoms with Gasteiger partial charge in [-0.2, -0.15) is 0 Å². The van der Waals surface area contributed by atoms with E-state index in [1.54, 1.807) is 13.1 Å². The van der Waals surface area contributed by atoms with Gasteiger partial charge in [0.25, 0.3) is 5.91 Å². The van der Waals surface area contributed by atoms with Crippen molar-refractivity contribution in [1.82, 2.24) is 10.6 Å². The van der Waals surface area contributed by atoms with Crippen LogP contribution in [-0.4, -0.2) is 24.8 Å². The monoisotopic (exact) mass is 306 g/mol. The van der Waals surface area contributed by atoms with E-state index in [9.17, 15) is 9.59 Å². The lowest BCUT2D eigenvalue weighted by Gasteiger charge is -2.20. The molecule has 4 nitrogen and oxygen atoms in total. The van der Waals surface area contributed by atoms with E-state index in [1.807, 2.05) is 13.8 Å². The highest BCUT2D eigenvalue weighted by Crippen LogP contribution is 2.11. The number of hydrogen-bond donors (Lipinski definition) is 2. The number of hydrogen-bond acceptors (Lipinski definition) is 3. The van der Waals surface area contributed by atoms with Crippen molar-refractivity contribution in [3.05, 3.63) is 36.6 Å². The van der Waals surface area contributed by atoms with Gasteiger partial charge in [-0.1, -0.05) is 59.3 Å². The first-order valence-electron chi connectivity index (χ1n) is 7.94. The number of likely N-dealkylation sites (N-methyl/N-ethyl adjacent to an activating group) is 1. The SMILES string of the molecule is C=C/C(NC)=C(\C=C)C(=O)NC(CCCCC)C(=O)C(C)C. The normalized spacial score (nSPS) is 13.1. The summed E-state index contributed by atoms with van der Waals surface area (Å²) in [5, 5.41) is 5.76. The largest absolute Gasteiger partial charge is 0.387 e. The zero-order valence-corrected chi connectivity index (χ0v) is 14.4. The standard InChI is InChI=1S/C18H30N2O2/c1-7-10-11-12-16(17(21)13(4)5)20-18(22)14(8-2)15(9-3)19-6/h8-9,13,16,19H,2-3,7,10-12H2,1,4-6H3,(H,20,22)/b15-14-. The summed E-state index contributed by atoms with van der Waals surface area (Å²) < 4.78 is 0. The number of unbranched alkanes of at least 4 members (excludes halogenated alkanes) is 2. The van der Waals surface area contributed by atoms with Gasteiger partial charge in [0.2, 0.25) is 0 Å². The molecule has 0 aliphatic carbocycles. The molecule has 0 bridgehead atoms. The summed E-state index contributed by atoms with van der Waals surface area (Å²) in [5.41, 5.74) is 0.992. The molecule has 0 aromatic rings. The molecular weight excluding hydrogens is 276 g/mol. The average molecular weight is 306 g/mol. The Bertz CT molecular complexity index is 436. The molecule has 1 unspecified atom stereocenters. The maximum Gasteiger partial charge on any atom is 0.253 e. The van der Waals surface area contributed by atoms with Crippen LogP contribution in [0, 0.1) is 5.92 Å². The third-order valence-corrected chi connectivity index (χ3v) is 3.53. The van der Waals surface area contributed by atoms with Crippen molar-refractivity contribution in [3.8, 4) is 0 Å². The van der Waals surface area contributed by atoms with Crippen molar-refractivity contribution >= 4 is 11.7 Å². The van der Waals surface area contributed by atoms with Gasteiger partial charge in [0.15, 0.2) is 5.78 Å². The number of rotatable bonds is 11. The zero-order valence-electron chi connectivity index (χ0n) is 14.4. The van der Waals surface area contributed by atoms with Gasteiger partial charge in [0, 0.05) is 18.7 Å². The number of carbonyl (C=O) groups excluding carboxylic acids is 2. The number of amides is 1. The minimum atomic E-state index is -0.447. The minimum absolute atomic E-state index is 0.0671. The maximum absolute atomic E-state index is 12.4. The molecule has 124 valence electrons. The summed E-state index contributed by atoms with van der Waals surface area (Å²) in [6.07, 6.45) is 6.77. The lowest BCUT2D eigenvalue weighted by atomic mass is 9.96. The Hall–Kier alpha value is -1.84. The van der Waals surface area contributed by atoms with Crippen LogP contribution in [0.3, 0.4) is 0 Å². The second-order valence-electron chi connectivity index (χ2n) is 5.56. The Kier molecular flexibility index (Phi) is 9.92. The molecule has 1 amide bonds. The Morgan fingerprint density at radius 3 is 2.18 bits per heavy atom. The molecule has 1 atom stereocenters. The van der Waals surface area contributed by atoms with Crippen molar-refractivity contribution < 1.29 is 9.59 Å². The van der Waals surface area contributed by atoms with Crippen molar-refractivity contribution in [1.29, 1.82) is 0 Å². The van der Waals surface area contributed by atoms with Crippen LogP contribution in [0.5, 0.6) is 0 Å². The van der Waals surface area contributed by atoms with Crippen molar-refractivity contribution in [2.24, 2.45) is 5.92 Å². The number of Topliss-reactive ketones (excluding diaryl/α,β-unsaturated/α-hetero) is 1. The molecule has 22 heavy (non-hydrogen) atoms. The molecule has 0 aromatic carbocycles. The molecule has 0 spiro atoms. The van der Waals surface area contributed by atoms with Crippen LogP contribution in [0.4, 0.5) is 0 Å². The van der Waals surface area contributed by atoms with E-state index >= 15 is 0 Å². The smallest absolute Gasteiger partial charge is 0.253 e. The maximum atomic E-state index is 12.4. The number of nitrogens with one attached hydrogen (secondary N) is 2. The van der Waals surface area contributed by atoms with Crippen LogP contribution in [0.15, 0.2) is 36.6 Å². The van der Waals surface area contributed by atoms with Crippen LogP contribution in [0.25, 0.3) is 0 Å². The molecule has 0 aliphatic heterocycles. The first-order valence-corrected chi connectivity index (χ1v) is 7.94. The molecule has 0 heterocycles. The van der Waals surface area contributed by atoms with E-state index in [1.165, 1.54) is 6.08 Å². The van der Waals surface area contributed by atoms with Gasteiger partial charge in [-0.25, -0.2) is 0 Å². The fourth-order valence-corrected chi connectivity index (χ4v) is 2.19. The first-order chi connectivity index (χ1) is 10.4. The number of allylic oxidation sites excluding steroid dienone is 1. The second-order valence-corrected chi connectivity index (χ2v) is 5.56. The molecule has 0 aliphatic rings. The highest BCUT2D eigenvalue weighted by molar-refractivity contribution is 6.00. The Balaban J connectivity index is 5.15. The van der Waals surface area contributed by atoms with Crippen LogP contribution in [-0.2, 0) is 9.59 Å². The van der Waals surface area contributed by atoms with Gasteiger partial charge in [-0.3, -0.25) is 9.59 Å². The Morgan fingerprint density at radius 2 is 1.77 bits per heavy atom. The summed E-state index contributed by atoms with van der Waals surface area (Å²) in [5.74, 6) is -0.335. The molecule has 2 N–H and O–H groups in total. The predicted molar refractivity (Wildman–Crippen MR) is 92.4 cm³/mol. The van der Waals surface area contributed by atoms with Crippen molar-refractivity contribution in [2.45, 2.75) is 52.5 Å². The van der Waals surface area contributed by atoms with Gasteiger partial charge >= 0.3 is 0 Å². The Morgan fingerprint density at radius 1 is 1.14 bits per heavy atom. The van der Waals surface area contributed by atoms with E-state index in [2.05, 4.69) is 30.7 Å². The lowest BCUT2D eigenvalue weighted by molar-refractivity contribution is -0.128. The summed E-state index contributed by atoms with van der Waals surface area (Å²) in [6.45, 7) is 13.2. The highest BCUT2D eigenvalue weighted by Gasteiger charge is 2.24. The highest BCUT2D eigenvalue weighted by atomic mass is 16.2. The van der Waals surface area contributed by atoms with E-state index in [0.717, 1.165) is 19.3 Å². The van der Waals surface area contributed by atoms with Gasteiger partial charge in [0.1, 0.15) is 0 Å². The van der Waals surface area contributed by atoms with E-state index in [-0.39, 0.29) is 17.6 Å². The molecule has 0 fully saturated rings. The molecule has 0 saturated heterocycles. The first kappa shape index (κ1) is 20.2. The van der Waals surface area contributed by atoms with Crippen LogP contribution in [0.2, 0.25) is 0 Å². The summed E-state index contributed by atoms with van der Waals surface area (Å²) in [6, 6.07) is -0.447. The molecule has 0 rings (SSSR count). The lowest BCUT2D eigenvalue weighted by Crippen LogP contribution is -2.43. The van der Waals surface area contributed by atoms with Crippen LogP contribution < -0.4 is 10.6 Å². The summed E-state index contributed by atoms with van der Waals surface area (Å²) in [4.78, 5) is 24.7.